The summed E-state index contributed by atoms with van der Waals surface area (Å²) in [6.07, 6.45) is 6.80. The third-order valence-electron chi connectivity index (χ3n) is 8.85. The van der Waals surface area contributed by atoms with E-state index < -0.39 is 0 Å². The van der Waals surface area contributed by atoms with Gasteiger partial charge in [0.15, 0.2) is 0 Å². The number of anilines is 5. The first kappa shape index (κ1) is 23.1. The van der Waals surface area contributed by atoms with Crippen LogP contribution in [0, 0.1) is 0 Å². The zero-order valence-corrected chi connectivity index (χ0v) is 22.8. The standard InChI is InChI=1S/C38H30N2/c1-38(2)31-21-10-9-18-30(31)36-32(38)22-13-24-34(36)39(26-14-5-3-6-15-26)35-25-12-20-29-28-19-11-23-33(28)40(37(29)35)27-16-7-4-8-17-27/h3-25,33H,1-2H3. The van der Waals surface area contributed by atoms with E-state index in [1.807, 2.05) is 0 Å². The Kier molecular flexibility index (Phi) is 4.96. The van der Waals surface area contributed by atoms with E-state index in [1.165, 1.54) is 56.1 Å². The highest BCUT2D eigenvalue weighted by Gasteiger charge is 2.40. The summed E-state index contributed by atoms with van der Waals surface area (Å²) in [6.45, 7) is 4.71. The van der Waals surface area contributed by atoms with Crippen molar-refractivity contribution in [3.05, 3.63) is 156 Å². The van der Waals surface area contributed by atoms with Crippen molar-refractivity contribution in [2.24, 2.45) is 0 Å². The lowest BCUT2D eigenvalue weighted by molar-refractivity contribution is 0.660. The van der Waals surface area contributed by atoms with E-state index in [2.05, 4.69) is 163 Å². The molecule has 0 saturated heterocycles. The highest BCUT2D eigenvalue weighted by molar-refractivity contribution is 6.04. The third-order valence-corrected chi connectivity index (χ3v) is 8.85. The molecule has 3 aliphatic rings. The van der Waals surface area contributed by atoms with E-state index >= 15 is 0 Å². The molecule has 1 aliphatic heterocycles. The molecule has 8 rings (SSSR count). The Morgan fingerprint density at radius 2 is 1.27 bits per heavy atom. The first-order valence-corrected chi connectivity index (χ1v) is 14.1. The second-order valence-corrected chi connectivity index (χ2v) is 11.4. The lowest BCUT2D eigenvalue weighted by Crippen LogP contribution is -2.25. The van der Waals surface area contributed by atoms with Crippen LogP contribution in [-0.4, -0.2) is 6.04 Å². The quantitative estimate of drug-likeness (QED) is 0.235. The van der Waals surface area contributed by atoms with Gasteiger partial charge in [-0.2, -0.15) is 0 Å². The van der Waals surface area contributed by atoms with Gasteiger partial charge in [-0.25, -0.2) is 0 Å². The molecule has 2 aliphatic carbocycles. The fourth-order valence-electron chi connectivity index (χ4n) is 7.06. The normalized spacial score (nSPS) is 17.2. The Morgan fingerprint density at radius 1 is 0.625 bits per heavy atom. The first-order valence-electron chi connectivity index (χ1n) is 14.1. The number of allylic oxidation sites excluding steroid dienone is 2. The van der Waals surface area contributed by atoms with Crippen LogP contribution in [0.4, 0.5) is 28.4 Å². The average Bonchev–Trinajstić information content (AvgIpc) is 3.66. The molecule has 0 spiro atoms. The second kappa shape index (κ2) is 8.59. The molecule has 0 aromatic heterocycles. The number of hydrogen-bond acceptors (Lipinski definition) is 2. The number of rotatable bonds is 4. The molecule has 1 unspecified atom stereocenters. The topological polar surface area (TPSA) is 6.48 Å². The van der Waals surface area contributed by atoms with Crippen LogP contribution < -0.4 is 9.80 Å². The first-order chi connectivity index (χ1) is 19.6. The molecule has 0 fully saturated rings. The van der Waals surface area contributed by atoms with Crippen molar-refractivity contribution in [1.29, 1.82) is 0 Å². The maximum Gasteiger partial charge on any atom is 0.0786 e. The SMILES string of the molecule is CC1(C)c2ccccc2-c2c(N(c3ccccc3)c3cccc4c3N(c3ccccc3)C3C=CC=C43)cccc21. The van der Waals surface area contributed by atoms with Gasteiger partial charge in [0, 0.05) is 27.9 Å². The summed E-state index contributed by atoms with van der Waals surface area (Å²) in [6, 6.07) is 44.4. The molecule has 40 heavy (non-hydrogen) atoms. The highest BCUT2D eigenvalue weighted by atomic mass is 15.2. The van der Waals surface area contributed by atoms with Crippen molar-refractivity contribution in [2.75, 3.05) is 9.80 Å². The zero-order valence-electron chi connectivity index (χ0n) is 22.8. The molecule has 2 nitrogen and oxygen atoms in total. The highest BCUT2D eigenvalue weighted by Crippen LogP contribution is 2.57. The molecular weight excluding hydrogens is 484 g/mol. The van der Waals surface area contributed by atoms with Gasteiger partial charge in [-0.1, -0.05) is 117 Å². The van der Waals surface area contributed by atoms with Crippen molar-refractivity contribution < 1.29 is 0 Å². The van der Waals surface area contributed by atoms with E-state index in [-0.39, 0.29) is 11.5 Å². The fraction of sp³-hybridized carbons (Fsp3) is 0.105. The third kappa shape index (κ3) is 3.17. The molecule has 5 aromatic rings. The van der Waals surface area contributed by atoms with Crippen molar-refractivity contribution in [3.8, 4) is 11.1 Å². The van der Waals surface area contributed by atoms with E-state index in [1.54, 1.807) is 0 Å². The Bertz CT molecular complexity index is 1830. The summed E-state index contributed by atoms with van der Waals surface area (Å²) in [5.74, 6) is 0. The van der Waals surface area contributed by atoms with Gasteiger partial charge in [-0.15, -0.1) is 0 Å². The summed E-state index contributed by atoms with van der Waals surface area (Å²) < 4.78 is 0. The smallest absolute Gasteiger partial charge is 0.0786 e. The molecule has 1 atom stereocenters. The fourth-order valence-corrected chi connectivity index (χ4v) is 7.06. The van der Waals surface area contributed by atoms with Gasteiger partial charge in [0.2, 0.25) is 0 Å². The molecule has 192 valence electrons. The molecule has 0 bridgehead atoms. The van der Waals surface area contributed by atoms with Crippen molar-refractivity contribution in [1.82, 2.24) is 0 Å². The number of fused-ring (bicyclic) bond motifs is 6. The van der Waals surface area contributed by atoms with Gasteiger partial charge in [0.1, 0.15) is 0 Å². The summed E-state index contributed by atoms with van der Waals surface area (Å²) in [5.41, 5.74) is 14.0. The van der Waals surface area contributed by atoms with Gasteiger partial charge in [-0.05, 0) is 58.7 Å². The lowest BCUT2D eigenvalue weighted by Gasteiger charge is -2.33. The van der Waals surface area contributed by atoms with E-state index in [4.69, 9.17) is 0 Å². The minimum absolute atomic E-state index is 0.0639. The maximum absolute atomic E-state index is 2.51. The minimum atomic E-state index is -0.0639. The average molecular weight is 515 g/mol. The van der Waals surface area contributed by atoms with Crippen LogP contribution in [0.1, 0.15) is 30.5 Å². The largest absolute Gasteiger partial charge is 0.328 e. The van der Waals surface area contributed by atoms with Gasteiger partial charge in [0.05, 0.1) is 23.1 Å². The van der Waals surface area contributed by atoms with Gasteiger partial charge in [-0.3, -0.25) is 0 Å². The predicted octanol–water partition coefficient (Wildman–Crippen LogP) is 9.94. The molecule has 0 amide bonds. The zero-order chi connectivity index (χ0) is 26.8. The molecule has 0 N–H and O–H groups in total. The van der Waals surface area contributed by atoms with Gasteiger partial charge < -0.3 is 9.80 Å². The second-order valence-electron chi connectivity index (χ2n) is 11.4. The number of para-hydroxylation sites is 3. The molecule has 2 heteroatoms. The molecule has 0 saturated carbocycles. The Balaban J connectivity index is 1.43. The summed E-state index contributed by atoms with van der Waals surface area (Å²) >= 11 is 0. The van der Waals surface area contributed by atoms with Crippen LogP contribution >= 0.6 is 0 Å². The van der Waals surface area contributed by atoms with Crippen LogP contribution in [0.25, 0.3) is 16.7 Å². The van der Waals surface area contributed by atoms with Gasteiger partial charge in [0.25, 0.3) is 0 Å². The van der Waals surface area contributed by atoms with Crippen molar-refractivity contribution in [2.45, 2.75) is 25.3 Å². The Morgan fingerprint density at radius 3 is 2.10 bits per heavy atom. The van der Waals surface area contributed by atoms with Crippen LogP contribution in [0.2, 0.25) is 0 Å². The number of hydrogen-bond donors (Lipinski definition) is 0. The molecule has 1 heterocycles. The van der Waals surface area contributed by atoms with E-state index in [0.717, 1.165) is 5.69 Å². The Hall–Kier alpha value is -4.82. The summed E-state index contributed by atoms with van der Waals surface area (Å²) in [7, 11) is 0. The molecule has 0 radical (unpaired) electrons. The van der Waals surface area contributed by atoms with E-state index in [0.29, 0.717) is 0 Å². The number of benzene rings is 5. The monoisotopic (exact) mass is 514 g/mol. The van der Waals surface area contributed by atoms with E-state index in [9.17, 15) is 0 Å². The predicted molar refractivity (Wildman–Crippen MR) is 168 cm³/mol. The minimum Gasteiger partial charge on any atom is -0.328 e. The van der Waals surface area contributed by atoms with Gasteiger partial charge >= 0.3 is 0 Å². The molecule has 5 aromatic carbocycles. The van der Waals surface area contributed by atoms with Crippen LogP contribution in [0.3, 0.4) is 0 Å². The van der Waals surface area contributed by atoms with Crippen LogP contribution in [-0.2, 0) is 5.41 Å². The Labute approximate surface area is 236 Å². The summed E-state index contributed by atoms with van der Waals surface area (Å²) in [5, 5.41) is 0. The number of nitrogens with zero attached hydrogens (tertiary/aromatic N) is 2. The lowest BCUT2D eigenvalue weighted by atomic mass is 9.82. The van der Waals surface area contributed by atoms with Crippen LogP contribution in [0.5, 0.6) is 0 Å². The van der Waals surface area contributed by atoms with Crippen molar-refractivity contribution in [3.63, 3.8) is 0 Å². The van der Waals surface area contributed by atoms with Crippen LogP contribution in [0.15, 0.2) is 140 Å². The maximum atomic E-state index is 2.51. The summed E-state index contributed by atoms with van der Waals surface area (Å²) in [4.78, 5) is 4.99. The molecular formula is C38H30N2. The van der Waals surface area contributed by atoms with Crippen molar-refractivity contribution >= 4 is 34.0 Å².